The number of rotatable bonds is 7. The van der Waals surface area contributed by atoms with E-state index in [4.69, 9.17) is 24.9 Å². The second-order valence-electron chi connectivity index (χ2n) is 19.6. The van der Waals surface area contributed by atoms with Crippen LogP contribution in [0, 0.1) is 11.3 Å². The van der Waals surface area contributed by atoms with E-state index >= 15 is 0 Å². The highest BCUT2D eigenvalue weighted by Crippen LogP contribution is 2.53. The van der Waals surface area contributed by atoms with Crippen LogP contribution in [0.4, 0.5) is 0 Å². The summed E-state index contributed by atoms with van der Waals surface area (Å²) in [6, 6.07) is 70.4. The van der Waals surface area contributed by atoms with Gasteiger partial charge in [-0.1, -0.05) is 133 Å². The smallest absolute Gasteiger partial charge is 0.102 e. The molecule has 0 saturated carbocycles. The molecule has 0 amide bonds. The lowest BCUT2D eigenvalue weighted by atomic mass is 9.89. The van der Waals surface area contributed by atoms with E-state index in [0.29, 0.717) is 16.8 Å². The number of nitrogens with zero attached hydrogens (tertiary/aromatic N) is 10. The molecule has 0 bridgehead atoms. The van der Waals surface area contributed by atoms with Crippen LogP contribution in [-0.4, -0.2) is 43.2 Å². The van der Waals surface area contributed by atoms with E-state index in [1.807, 2.05) is 73.8 Å². The summed E-state index contributed by atoms with van der Waals surface area (Å²) < 4.78 is 9.47. The van der Waals surface area contributed by atoms with Crippen molar-refractivity contribution in [3.8, 4) is 62.5 Å². The highest BCUT2D eigenvalue weighted by Gasteiger charge is 2.36. The van der Waals surface area contributed by atoms with E-state index in [0.717, 1.165) is 132 Å². The van der Waals surface area contributed by atoms with Crippen LogP contribution >= 0.6 is 0 Å². The van der Waals surface area contributed by atoms with E-state index in [1.54, 1.807) is 0 Å². The molecular formula is C68H40N10. The molecule has 9 aromatic heterocycles. The maximum Gasteiger partial charge on any atom is 0.102 e. The van der Waals surface area contributed by atoms with Crippen LogP contribution < -0.4 is 0 Å². The van der Waals surface area contributed by atoms with Gasteiger partial charge in [-0.15, -0.1) is 0 Å². The molecule has 10 heteroatoms. The van der Waals surface area contributed by atoms with Crippen LogP contribution in [0.1, 0.15) is 5.56 Å². The first-order valence-electron chi connectivity index (χ1n) is 25.9. The second kappa shape index (κ2) is 17.0. The third-order valence-electron chi connectivity index (χ3n) is 15.6. The molecular weight excluding hydrogens is 957 g/mol. The molecule has 10 nitrogen and oxygen atoms in total. The van der Waals surface area contributed by atoms with Crippen LogP contribution in [0.3, 0.4) is 0 Å². The van der Waals surface area contributed by atoms with Crippen LogP contribution in [0.5, 0.6) is 0 Å². The first kappa shape index (κ1) is 43.4. The van der Waals surface area contributed by atoms with Crippen molar-refractivity contribution in [2.45, 2.75) is 0 Å². The van der Waals surface area contributed by atoms with Crippen molar-refractivity contribution >= 4 is 87.2 Å². The number of fused-ring (bicyclic) bond motifs is 12. The summed E-state index contributed by atoms with van der Waals surface area (Å²) in [6.07, 6.45) is 15.3. The predicted molar refractivity (Wildman–Crippen MR) is 314 cm³/mol. The van der Waals surface area contributed by atoms with Gasteiger partial charge in [0.2, 0.25) is 0 Å². The molecule has 7 aromatic carbocycles. The van der Waals surface area contributed by atoms with Crippen LogP contribution in [0.15, 0.2) is 244 Å². The molecule has 0 aliphatic rings. The van der Waals surface area contributed by atoms with E-state index in [2.05, 4.69) is 194 Å². The molecule has 362 valence electrons. The number of benzene rings is 7. The van der Waals surface area contributed by atoms with Crippen LogP contribution in [0.2, 0.25) is 0 Å². The van der Waals surface area contributed by atoms with Crippen molar-refractivity contribution in [1.29, 1.82) is 5.26 Å². The summed E-state index contributed by atoms with van der Waals surface area (Å²) in [4.78, 5) is 24.7. The van der Waals surface area contributed by atoms with Crippen molar-refractivity contribution in [2.75, 3.05) is 0 Å². The lowest BCUT2D eigenvalue weighted by molar-refractivity contribution is 1.02. The van der Waals surface area contributed by atoms with Gasteiger partial charge in [0.1, 0.15) is 6.07 Å². The van der Waals surface area contributed by atoms with Gasteiger partial charge in [-0.05, 0) is 60.7 Å². The van der Waals surface area contributed by atoms with Gasteiger partial charge < -0.3 is 18.3 Å². The molecule has 0 N–H and O–H groups in total. The van der Waals surface area contributed by atoms with Gasteiger partial charge in [0.05, 0.1) is 83.8 Å². The molecule has 0 radical (unpaired) electrons. The zero-order valence-electron chi connectivity index (χ0n) is 41.6. The summed E-state index contributed by atoms with van der Waals surface area (Å²) in [5.74, 6) is 0. The van der Waals surface area contributed by atoms with E-state index < -0.39 is 0 Å². The standard InChI is InChI=1S/C68H40N10/c69-37-49-63(48-27-28-54(42-15-3-1-4-16-42)74-64(48)43-17-5-2-6-18-43)66(76-56-24-12-8-20-45(56)51-39-71-34-30-60(51)76)68(78-58-26-14-10-22-47(58)53-41-73-36-32-62(53)78)67(77-57-25-13-9-21-46(57)52-40-72-35-31-61(52)77)65(49)75-55-23-11-7-19-44(55)50-38-70-33-29-59(50)75/h1-36,38-41H. The number of hydrogen-bond acceptors (Lipinski definition) is 6. The molecule has 16 aromatic rings. The minimum Gasteiger partial charge on any atom is -0.306 e. The Balaban J connectivity index is 1.27. The molecule has 0 unspecified atom stereocenters. The van der Waals surface area contributed by atoms with Crippen molar-refractivity contribution in [2.24, 2.45) is 0 Å². The van der Waals surface area contributed by atoms with Crippen molar-refractivity contribution < 1.29 is 0 Å². The van der Waals surface area contributed by atoms with E-state index in [1.165, 1.54) is 0 Å². The number of hydrogen-bond donors (Lipinski definition) is 0. The van der Waals surface area contributed by atoms with Crippen molar-refractivity contribution in [1.82, 2.24) is 43.2 Å². The number of aromatic nitrogens is 9. The largest absolute Gasteiger partial charge is 0.306 e. The van der Waals surface area contributed by atoms with Gasteiger partial charge in [-0.3, -0.25) is 19.9 Å². The van der Waals surface area contributed by atoms with Gasteiger partial charge in [0, 0.05) is 115 Å². The summed E-state index contributed by atoms with van der Waals surface area (Å²) in [5.41, 5.74) is 15.8. The molecule has 16 rings (SSSR count). The number of pyridine rings is 5. The van der Waals surface area contributed by atoms with Gasteiger partial charge in [0.15, 0.2) is 0 Å². The Labute approximate surface area is 445 Å². The summed E-state index contributed by atoms with van der Waals surface area (Å²) in [5, 5.41) is 20.9. The Hall–Kier alpha value is -11.0. The summed E-state index contributed by atoms with van der Waals surface area (Å²) in [6.45, 7) is 0. The Morgan fingerprint density at radius 1 is 0.308 bits per heavy atom. The fourth-order valence-corrected chi connectivity index (χ4v) is 12.4. The minimum absolute atomic E-state index is 0.442. The minimum atomic E-state index is 0.442. The molecule has 0 aliphatic carbocycles. The monoisotopic (exact) mass is 996 g/mol. The molecule has 78 heavy (non-hydrogen) atoms. The van der Waals surface area contributed by atoms with Gasteiger partial charge >= 0.3 is 0 Å². The highest BCUT2D eigenvalue weighted by molar-refractivity contribution is 6.17. The van der Waals surface area contributed by atoms with E-state index in [9.17, 15) is 5.26 Å². The SMILES string of the molecule is N#Cc1c(-c2ccc(-c3ccccc3)nc2-c2ccccc2)c(-n2c3ccccc3c3cnccc32)c(-n2c3ccccc3c3cnccc32)c(-n2c3ccccc3c3cnccc32)c1-n1c2ccccc2c2cnccc21. The van der Waals surface area contributed by atoms with Gasteiger partial charge in [-0.25, -0.2) is 4.98 Å². The Morgan fingerprint density at radius 3 is 1.08 bits per heavy atom. The lowest BCUT2D eigenvalue weighted by Gasteiger charge is -2.30. The Kier molecular flexibility index (Phi) is 9.46. The fraction of sp³-hybridized carbons (Fsp3) is 0. The van der Waals surface area contributed by atoms with Crippen LogP contribution in [-0.2, 0) is 0 Å². The van der Waals surface area contributed by atoms with Crippen molar-refractivity contribution in [3.05, 3.63) is 249 Å². The molecule has 0 atom stereocenters. The first-order chi connectivity index (χ1) is 38.7. The molecule has 0 saturated heterocycles. The van der Waals surface area contributed by atoms with Crippen LogP contribution in [0.25, 0.3) is 144 Å². The topological polar surface area (TPSA) is 108 Å². The number of nitriles is 1. The summed E-state index contributed by atoms with van der Waals surface area (Å²) >= 11 is 0. The van der Waals surface area contributed by atoms with Gasteiger partial charge in [0.25, 0.3) is 0 Å². The lowest BCUT2D eigenvalue weighted by Crippen LogP contribution is -2.17. The number of para-hydroxylation sites is 4. The first-order valence-corrected chi connectivity index (χ1v) is 25.9. The zero-order chi connectivity index (χ0) is 51.4. The quantitative estimate of drug-likeness (QED) is 0.157. The zero-order valence-corrected chi connectivity index (χ0v) is 41.6. The third kappa shape index (κ3) is 6.15. The Morgan fingerprint density at radius 2 is 0.654 bits per heavy atom. The molecule has 0 fully saturated rings. The fourth-order valence-electron chi connectivity index (χ4n) is 12.4. The maximum atomic E-state index is 12.9. The average molecular weight is 997 g/mol. The highest BCUT2D eigenvalue weighted by atomic mass is 15.1. The summed E-state index contributed by atoms with van der Waals surface area (Å²) in [7, 11) is 0. The Bertz CT molecular complexity index is 4960. The molecule has 0 spiro atoms. The normalized spacial score (nSPS) is 11.8. The van der Waals surface area contributed by atoms with E-state index in [-0.39, 0.29) is 0 Å². The molecule has 9 heterocycles. The van der Waals surface area contributed by atoms with Crippen molar-refractivity contribution in [3.63, 3.8) is 0 Å². The van der Waals surface area contributed by atoms with Gasteiger partial charge in [-0.2, -0.15) is 5.26 Å². The average Bonchev–Trinajstić information content (AvgIpc) is 4.38. The predicted octanol–water partition coefficient (Wildman–Crippen LogP) is 15.9. The third-order valence-corrected chi connectivity index (χ3v) is 15.6. The maximum absolute atomic E-state index is 12.9. The molecule has 0 aliphatic heterocycles. The second-order valence-corrected chi connectivity index (χ2v) is 19.6.